The van der Waals surface area contributed by atoms with Crippen LogP contribution in [-0.2, 0) is 25.3 Å². The Labute approximate surface area is 167 Å². The lowest BCUT2D eigenvalue weighted by atomic mass is 10.2. The summed E-state index contributed by atoms with van der Waals surface area (Å²) >= 11 is 7.05. The van der Waals surface area contributed by atoms with Crippen molar-refractivity contribution in [3.05, 3.63) is 64.9 Å². The first-order valence-corrected chi connectivity index (χ1v) is 11.1. The van der Waals surface area contributed by atoms with Gasteiger partial charge in [0.25, 0.3) is 0 Å². The highest BCUT2D eigenvalue weighted by atomic mass is 35.5. The number of sulfonamides is 1. The van der Waals surface area contributed by atoms with Crippen molar-refractivity contribution in [1.29, 1.82) is 0 Å². The second kappa shape index (κ2) is 10.1. The number of esters is 1. The summed E-state index contributed by atoms with van der Waals surface area (Å²) in [5, 5.41) is -0.316. The Bertz CT molecular complexity index is 878. The summed E-state index contributed by atoms with van der Waals surface area (Å²) in [6.45, 7) is 1.77. The van der Waals surface area contributed by atoms with E-state index in [2.05, 4.69) is 4.72 Å². The van der Waals surface area contributed by atoms with Crippen molar-refractivity contribution in [2.24, 2.45) is 0 Å². The summed E-state index contributed by atoms with van der Waals surface area (Å²) < 4.78 is 45.6. The van der Waals surface area contributed by atoms with Crippen LogP contribution < -0.4 is 4.72 Å². The third-order valence-corrected chi connectivity index (χ3v) is 6.33. The van der Waals surface area contributed by atoms with Gasteiger partial charge in [0.2, 0.25) is 10.0 Å². The number of hydrogen-bond donors (Lipinski definition) is 1. The van der Waals surface area contributed by atoms with Gasteiger partial charge in [-0.25, -0.2) is 12.8 Å². The Hall–Kier alpha value is -1.61. The first-order valence-electron chi connectivity index (χ1n) is 8.09. The number of rotatable bonds is 9. The summed E-state index contributed by atoms with van der Waals surface area (Å²) in [6.07, 6.45) is 0. The number of nitrogens with one attached hydrogen (secondary N) is 1. The highest BCUT2D eigenvalue weighted by Crippen LogP contribution is 2.20. The quantitative estimate of drug-likeness (QED) is 0.614. The van der Waals surface area contributed by atoms with Gasteiger partial charge in [0.15, 0.2) is 0 Å². The van der Waals surface area contributed by atoms with E-state index < -0.39 is 27.9 Å². The molecule has 0 heterocycles. The SMILES string of the molecule is CCOC(=O)C(CSCc1ccccc1)NS(=O)(=O)c1ccc(F)c(Cl)c1. The monoisotopic (exact) mass is 431 g/mol. The topological polar surface area (TPSA) is 72.5 Å². The fourth-order valence-electron chi connectivity index (χ4n) is 2.16. The van der Waals surface area contributed by atoms with E-state index in [4.69, 9.17) is 16.3 Å². The smallest absolute Gasteiger partial charge is 0.325 e. The number of carbonyl (C=O) groups excluding carboxylic acids is 1. The number of halogens is 2. The van der Waals surface area contributed by atoms with Gasteiger partial charge in [-0.2, -0.15) is 16.5 Å². The maximum atomic E-state index is 13.3. The molecule has 2 rings (SSSR count). The zero-order valence-electron chi connectivity index (χ0n) is 14.5. The molecule has 0 spiro atoms. The molecule has 27 heavy (non-hydrogen) atoms. The summed E-state index contributed by atoms with van der Waals surface area (Å²) in [5.74, 6) is -0.603. The molecule has 146 valence electrons. The number of hydrogen-bond acceptors (Lipinski definition) is 5. The molecule has 0 radical (unpaired) electrons. The maximum absolute atomic E-state index is 13.3. The van der Waals surface area contributed by atoms with Gasteiger partial charge in [-0.3, -0.25) is 4.79 Å². The van der Waals surface area contributed by atoms with E-state index >= 15 is 0 Å². The third-order valence-electron chi connectivity index (χ3n) is 3.47. The molecule has 0 aliphatic carbocycles. The Balaban J connectivity index is 2.10. The first-order chi connectivity index (χ1) is 12.8. The molecule has 0 saturated carbocycles. The second-order valence-corrected chi connectivity index (χ2v) is 8.65. The van der Waals surface area contributed by atoms with Gasteiger partial charge in [0, 0.05) is 11.5 Å². The van der Waals surface area contributed by atoms with Crippen molar-refractivity contribution < 1.29 is 22.3 Å². The van der Waals surface area contributed by atoms with Gasteiger partial charge < -0.3 is 4.74 Å². The van der Waals surface area contributed by atoms with E-state index in [1.54, 1.807) is 6.92 Å². The van der Waals surface area contributed by atoms with E-state index in [-0.39, 0.29) is 22.3 Å². The minimum atomic E-state index is -4.07. The Morgan fingerprint density at radius 2 is 1.96 bits per heavy atom. The first kappa shape index (κ1) is 21.7. The second-order valence-electron chi connectivity index (χ2n) is 5.50. The van der Waals surface area contributed by atoms with Gasteiger partial charge in [-0.05, 0) is 30.7 Å². The fraction of sp³-hybridized carbons (Fsp3) is 0.278. The predicted octanol–water partition coefficient (Wildman–Crippen LogP) is 3.62. The standard InChI is InChI=1S/C18H19ClFNO4S2/c1-2-25-18(22)17(12-26-11-13-6-4-3-5-7-13)21-27(23,24)14-8-9-16(20)15(19)10-14/h3-10,17,21H,2,11-12H2,1H3. The van der Waals surface area contributed by atoms with Crippen LogP contribution in [0.4, 0.5) is 4.39 Å². The number of ether oxygens (including phenoxy) is 1. The van der Waals surface area contributed by atoms with Gasteiger partial charge in [-0.15, -0.1) is 0 Å². The van der Waals surface area contributed by atoms with E-state index in [0.29, 0.717) is 5.75 Å². The van der Waals surface area contributed by atoms with Crippen molar-refractivity contribution in [2.75, 3.05) is 12.4 Å². The molecule has 0 aliphatic heterocycles. The Kier molecular flexibility index (Phi) is 8.09. The molecule has 0 bridgehead atoms. The van der Waals surface area contributed by atoms with Crippen LogP contribution in [0.25, 0.3) is 0 Å². The fourth-order valence-corrected chi connectivity index (χ4v) is 4.72. The van der Waals surface area contributed by atoms with Crippen LogP contribution in [0.3, 0.4) is 0 Å². The van der Waals surface area contributed by atoms with E-state index in [1.165, 1.54) is 11.8 Å². The summed E-state index contributed by atoms with van der Waals surface area (Å²) in [5.41, 5.74) is 1.05. The van der Waals surface area contributed by atoms with Gasteiger partial charge >= 0.3 is 5.97 Å². The van der Waals surface area contributed by atoms with Gasteiger partial charge in [-0.1, -0.05) is 41.9 Å². The average molecular weight is 432 g/mol. The molecule has 1 atom stereocenters. The Morgan fingerprint density at radius 3 is 2.59 bits per heavy atom. The minimum Gasteiger partial charge on any atom is -0.465 e. The van der Waals surface area contributed by atoms with Crippen LogP contribution in [0.2, 0.25) is 5.02 Å². The molecule has 2 aromatic rings. The zero-order valence-corrected chi connectivity index (χ0v) is 16.9. The highest BCUT2D eigenvalue weighted by molar-refractivity contribution is 7.98. The molecular formula is C18H19ClFNO4S2. The van der Waals surface area contributed by atoms with Gasteiger partial charge in [0.05, 0.1) is 16.5 Å². The normalized spacial score (nSPS) is 12.6. The van der Waals surface area contributed by atoms with Crippen LogP contribution in [0.1, 0.15) is 12.5 Å². The van der Waals surface area contributed by atoms with Crippen LogP contribution in [0.5, 0.6) is 0 Å². The minimum absolute atomic E-state index is 0.128. The van der Waals surface area contributed by atoms with E-state index in [1.807, 2.05) is 30.3 Å². The number of benzene rings is 2. The third kappa shape index (κ3) is 6.49. The molecule has 0 saturated heterocycles. The highest BCUT2D eigenvalue weighted by Gasteiger charge is 2.27. The molecule has 2 aromatic carbocycles. The van der Waals surface area contributed by atoms with Crippen LogP contribution in [-0.4, -0.2) is 32.8 Å². The summed E-state index contributed by atoms with van der Waals surface area (Å²) in [4.78, 5) is 11.9. The van der Waals surface area contributed by atoms with Crippen LogP contribution in [0.15, 0.2) is 53.4 Å². The molecule has 0 amide bonds. The number of thioether (sulfide) groups is 1. The van der Waals surface area contributed by atoms with Gasteiger partial charge in [0.1, 0.15) is 11.9 Å². The van der Waals surface area contributed by atoms with Crippen molar-refractivity contribution in [3.63, 3.8) is 0 Å². The molecular weight excluding hydrogens is 413 g/mol. The van der Waals surface area contributed by atoms with Crippen molar-refractivity contribution >= 4 is 39.4 Å². The predicted molar refractivity (Wildman–Crippen MR) is 105 cm³/mol. The molecule has 1 unspecified atom stereocenters. The van der Waals surface area contributed by atoms with Crippen molar-refractivity contribution in [3.8, 4) is 0 Å². The molecule has 5 nitrogen and oxygen atoms in total. The van der Waals surface area contributed by atoms with Crippen molar-refractivity contribution in [1.82, 2.24) is 4.72 Å². The van der Waals surface area contributed by atoms with E-state index in [9.17, 15) is 17.6 Å². The molecule has 0 aliphatic rings. The summed E-state index contributed by atoms with van der Waals surface area (Å²) in [6, 6.07) is 11.6. The van der Waals surface area contributed by atoms with Crippen LogP contribution in [0, 0.1) is 5.82 Å². The molecule has 0 aromatic heterocycles. The lowest BCUT2D eigenvalue weighted by molar-refractivity contribution is -0.144. The number of carbonyl (C=O) groups is 1. The lowest BCUT2D eigenvalue weighted by Gasteiger charge is -2.17. The molecule has 1 N–H and O–H groups in total. The summed E-state index contributed by atoms with van der Waals surface area (Å²) in [7, 11) is -4.07. The lowest BCUT2D eigenvalue weighted by Crippen LogP contribution is -2.43. The van der Waals surface area contributed by atoms with Crippen LogP contribution >= 0.6 is 23.4 Å². The molecule has 9 heteroatoms. The maximum Gasteiger partial charge on any atom is 0.325 e. The Morgan fingerprint density at radius 1 is 1.26 bits per heavy atom. The molecule has 0 fully saturated rings. The zero-order chi connectivity index (χ0) is 19.9. The largest absolute Gasteiger partial charge is 0.465 e. The average Bonchev–Trinajstić information content (AvgIpc) is 2.64. The van der Waals surface area contributed by atoms with Crippen molar-refractivity contribution in [2.45, 2.75) is 23.6 Å². The van der Waals surface area contributed by atoms with E-state index in [0.717, 1.165) is 23.8 Å².